The molecule has 9 heteroatoms. The molecule has 1 amide bonds. The number of aryl methyl sites for hydroxylation is 1. The van der Waals surface area contributed by atoms with Gasteiger partial charge in [0.25, 0.3) is 0 Å². The highest BCUT2D eigenvalue weighted by atomic mass is 16.5. The predicted molar refractivity (Wildman–Crippen MR) is 164 cm³/mol. The highest BCUT2D eigenvalue weighted by Crippen LogP contribution is 2.46. The van der Waals surface area contributed by atoms with Gasteiger partial charge >= 0.3 is 6.01 Å². The van der Waals surface area contributed by atoms with Crippen molar-refractivity contribution in [3.63, 3.8) is 0 Å². The smallest absolute Gasteiger partial charge is 0.318 e. The molecule has 2 saturated heterocycles. The molecule has 2 aromatic rings. The van der Waals surface area contributed by atoms with Crippen LogP contribution in [0.1, 0.15) is 48.1 Å². The van der Waals surface area contributed by atoms with Crippen LogP contribution < -0.4 is 14.5 Å². The molecule has 2 fully saturated rings. The summed E-state index contributed by atoms with van der Waals surface area (Å²) in [6.07, 6.45) is 7.82. The highest BCUT2D eigenvalue weighted by molar-refractivity contribution is 5.87. The Bertz CT molecular complexity index is 1400. The number of aromatic nitrogens is 2. The minimum Gasteiger partial charge on any atom is -0.462 e. The number of anilines is 2. The third kappa shape index (κ3) is 5.33. The lowest BCUT2D eigenvalue weighted by Crippen LogP contribution is -2.55. The lowest BCUT2D eigenvalue weighted by Gasteiger charge is -2.47. The average molecular weight is 570 g/mol. The van der Waals surface area contributed by atoms with Crippen molar-refractivity contribution in [1.29, 1.82) is 5.26 Å². The average Bonchev–Trinajstić information content (AvgIpc) is 3.39. The molecule has 222 valence electrons. The Morgan fingerprint density at radius 2 is 2.07 bits per heavy atom. The van der Waals surface area contributed by atoms with Crippen LogP contribution in [0.25, 0.3) is 0 Å². The predicted octanol–water partition coefficient (Wildman–Crippen LogP) is 3.54. The number of benzene rings is 1. The van der Waals surface area contributed by atoms with E-state index in [4.69, 9.17) is 14.7 Å². The number of para-hydroxylation sites is 1. The second kappa shape index (κ2) is 11.6. The van der Waals surface area contributed by atoms with Gasteiger partial charge in [0.1, 0.15) is 12.4 Å². The fraction of sp³-hybridized carbons (Fsp3) is 0.576. The largest absolute Gasteiger partial charge is 0.462 e. The Kier molecular flexibility index (Phi) is 7.84. The summed E-state index contributed by atoms with van der Waals surface area (Å²) in [5.74, 6) is 0.793. The summed E-state index contributed by atoms with van der Waals surface area (Å²) in [5.41, 5.74) is 6.52. The number of carbonyl (C=O) groups excluding carboxylic acids is 1. The van der Waals surface area contributed by atoms with Crippen molar-refractivity contribution in [3.05, 3.63) is 53.2 Å². The number of nitrogens with zero attached hydrogens (tertiary/aromatic N) is 7. The molecule has 4 heterocycles. The van der Waals surface area contributed by atoms with Crippen LogP contribution in [0.15, 0.2) is 30.9 Å². The first-order valence-electron chi connectivity index (χ1n) is 15.4. The van der Waals surface area contributed by atoms with E-state index in [0.717, 1.165) is 56.7 Å². The summed E-state index contributed by atoms with van der Waals surface area (Å²) in [6.45, 7) is 10.3. The number of likely N-dealkylation sites (tertiary alicyclic amines) is 1. The van der Waals surface area contributed by atoms with Gasteiger partial charge in [0.15, 0.2) is 0 Å². The normalized spacial score (nSPS) is 25.6. The quantitative estimate of drug-likeness (QED) is 0.488. The van der Waals surface area contributed by atoms with Crippen LogP contribution in [-0.4, -0.2) is 91.2 Å². The molecular weight excluding hydrogens is 526 g/mol. The van der Waals surface area contributed by atoms with Crippen molar-refractivity contribution in [1.82, 2.24) is 19.8 Å². The second-order valence-corrected chi connectivity index (χ2v) is 12.8. The van der Waals surface area contributed by atoms with Gasteiger partial charge in [-0.2, -0.15) is 15.2 Å². The Morgan fingerprint density at radius 3 is 2.83 bits per heavy atom. The Balaban J connectivity index is 1.32. The molecule has 1 spiro atoms. The van der Waals surface area contributed by atoms with E-state index in [1.807, 2.05) is 0 Å². The summed E-state index contributed by atoms with van der Waals surface area (Å²) in [5, 5.41) is 9.54. The fourth-order valence-corrected chi connectivity index (χ4v) is 7.89. The number of likely N-dealkylation sites (N-methyl/N-ethyl adjacent to an activating group) is 1. The van der Waals surface area contributed by atoms with E-state index in [0.29, 0.717) is 38.3 Å². The van der Waals surface area contributed by atoms with E-state index in [1.54, 1.807) is 4.90 Å². The molecule has 2 unspecified atom stereocenters. The molecular formula is C33H43N7O2. The number of ether oxygens (including phenoxy) is 1. The van der Waals surface area contributed by atoms with Crippen LogP contribution in [-0.2, 0) is 24.1 Å². The number of amides is 1. The summed E-state index contributed by atoms with van der Waals surface area (Å²) in [4.78, 5) is 31.5. The minimum atomic E-state index is -0.210. The van der Waals surface area contributed by atoms with Gasteiger partial charge in [0.2, 0.25) is 5.91 Å². The first-order valence-corrected chi connectivity index (χ1v) is 15.4. The van der Waals surface area contributed by atoms with Crippen molar-refractivity contribution in [3.8, 4) is 12.1 Å². The van der Waals surface area contributed by atoms with Gasteiger partial charge < -0.3 is 24.3 Å². The highest BCUT2D eigenvalue weighted by Gasteiger charge is 2.42. The Labute approximate surface area is 249 Å². The molecule has 0 bridgehead atoms. The molecule has 3 atom stereocenters. The number of hydrogen-bond acceptors (Lipinski definition) is 8. The SMILES string of the molecule is C=CC(=O)N1CCN(c2nc(OCC3CCCN3C)nc3c2CC[C@@]2(Cc4cccc(C)c4N(C)C2)C3)CC1CC#N. The first kappa shape index (κ1) is 28.5. The zero-order chi connectivity index (χ0) is 29.4. The molecule has 1 aromatic heterocycles. The molecule has 3 aliphatic heterocycles. The number of rotatable bonds is 6. The van der Waals surface area contributed by atoms with Crippen LogP contribution in [0.4, 0.5) is 11.5 Å². The molecule has 0 saturated carbocycles. The van der Waals surface area contributed by atoms with Crippen LogP contribution in [0.3, 0.4) is 0 Å². The van der Waals surface area contributed by atoms with Gasteiger partial charge in [-0.3, -0.25) is 4.79 Å². The van der Waals surface area contributed by atoms with Gasteiger partial charge in [0.05, 0.1) is 24.2 Å². The third-order valence-corrected chi connectivity index (χ3v) is 9.98. The van der Waals surface area contributed by atoms with E-state index in [1.165, 1.54) is 34.9 Å². The van der Waals surface area contributed by atoms with E-state index < -0.39 is 0 Å². The van der Waals surface area contributed by atoms with Crippen molar-refractivity contribution >= 4 is 17.4 Å². The van der Waals surface area contributed by atoms with Gasteiger partial charge in [-0.25, -0.2) is 0 Å². The lowest BCUT2D eigenvalue weighted by atomic mass is 9.67. The molecule has 1 aromatic carbocycles. The van der Waals surface area contributed by atoms with Crippen molar-refractivity contribution in [2.45, 2.75) is 64.0 Å². The maximum Gasteiger partial charge on any atom is 0.318 e. The number of piperazine rings is 1. The summed E-state index contributed by atoms with van der Waals surface area (Å²) >= 11 is 0. The monoisotopic (exact) mass is 569 g/mol. The standard InChI is InChI=1S/C33H43N7O2/c1-5-29(41)40-17-16-39(20-25(40)12-14-34)31-27-11-13-33(18-24-9-6-8-23(2)30(24)38(4)22-33)19-28(27)35-32(36-31)42-21-26-10-7-15-37(26)3/h5-6,8-9,25-26H,1,7,10-13,15-22H2,2-4H3/t25?,26?,33-/m1/s1. The van der Waals surface area contributed by atoms with Crippen molar-refractivity contribution in [2.75, 3.05) is 63.2 Å². The number of hydrogen-bond donors (Lipinski definition) is 0. The van der Waals surface area contributed by atoms with Crippen LogP contribution in [0.2, 0.25) is 0 Å². The van der Waals surface area contributed by atoms with Crippen LogP contribution >= 0.6 is 0 Å². The van der Waals surface area contributed by atoms with Crippen LogP contribution in [0.5, 0.6) is 6.01 Å². The summed E-state index contributed by atoms with van der Waals surface area (Å²) in [7, 11) is 4.38. The molecule has 0 N–H and O–H groups in total. The van der Waals surface area contributed by atoms with Gasteiger partial charge in [-0.1, -0.05) is 24.8 Å². The van der Waals surface area contributed by atoms with Gasteiger partial charge in [-0.05, 0) is 81.7 Å². The fourth-order valence-electron chi connectivity index (χ4n) is 7.89. The van der Waals surface area contributed by atoms with Crippen LogP contribution in [0, 0.1) is 23.7 Å². The topological polar surface area (TPSA) is 88.8 Å². The van der Waals surface area contributed by atoms with Crippen molar-refractivity contribution < 1.29 is 9.53 Å². The zero-order valence-corrected chi connectivity index (χ0v) is 25.3. The summed E-state index contributed by atoms with van der Waals surface area (Å²) in [6, 6.07) is 9.56. The van der Waals surface area contributed by atoms with Gasteiger partial charge in [-0.15, -0.1) is 0 Å². The third-order valence-electron chi connectivity index (χ3n) is 9.98. The minimum absolute atomic E-state index is 0.107. The number of carbonyl (C=O) groups is 1. The second-order valence-electron chi connectivity index (χ2n) is 12.8. The maximum absolute atomic E-state index is 12.6. The molecule has 6 rings (SSSR count). The molecule has 4 aliphatic rings. The molecule has 42 heavy (non-hydrogen) atoms. The molecule has 0 radical (unpaired) electrons. The Morgan fingerprint density at radius 1 is 1.21 bits per heavy atom. The van der Waals surface area contributed by atoms with E-state index in [9.17, 15) is 10.1 Å². The summed E-state index contributed by atoms with van der Waals surface area (Å²) < 4.78 is 6.35. The molecule has 9 nitrogen and oxygen atoms in total. The van der Waals surface area contributed by atoms with E-state index in [-0.39, 0.29) is 23.8 Å². The molecule has 1 aliphatic carbocycles. The first-order chi connectivity index (χ1) is 20.3. The van der Waals surface area contributed by atoms with Gasteiger partial charge in [0, 0.05) is 50.5 Å². The van der Waals surface area contributed by atoms with Crippen molar-refractivity contribution in [2.24, 2.45) is 5.41 Å². The number of nitriles is 1. The van der Waals surface area contributed by atoms with E-state index >= 15 is 0 Å². The van der Waals surface area contributed by atoms with E-state index in [2.05, 4.69) is 66.6 Å². The number of fused-ring (bicyclic) bond motifs is 2. The Hall–Kier alpha value is -3.64. The zero-order valence-electron chi connectivity index (χ0n) is 25.3. The maximum atomic E-state index is 12.6. The lowest BCUT2D eigenvalue weighted by molar-refractivity contribution is -0.128.